The lowest BCUT2D eigenvalue weighted by molar-refractivity contribution is 0.0687. The molecule has 3 rings (SSSR count). The first kappa shape index (κ1) is 14.1. The van der Waals surface area contributed by atoms with Gasteiger partial charge in [0.2, 0.25) is 0 Å². The molecule has 4 nitrogen and oxygen atoms in total. The maximum Gasteiger partial charge on any atom is 0.156 e. The Morgan fingerprint density at radius 2 is 1.75 bits per heavy atom. The minimum absolute atomic E-state index is 0.00295. The molecule has 0 aromatic carbocycles. The van der Waals surface area contributed by atoms with Crippen LogP contribution in [0.25, 0.3) is 0 Å². The Hall–Kier alpha value is -0.900. The summed E-state index contributed by atoms with van der Waals surface area (Å²) in [5.74, 6) is 2.50. The van der Waals surface area contributed by atoms with Gasteiger partial charge in [0.05, 0.1) is 12.1 Å². The van der Waals surface area contributed by atoms with Crippen LogP contribution in [0.4, 0.5) is 0 Å². The Morgan fingerprint density at radius 1 is 1.10 bits per heavy atom. The van der Waals surface area contributed by atoms with Crippen LogP contribution >= 0.6 is 0 Å². The molecular formula is C16H27N3O. The molecule has 0 radical (unpaired) electrons. The van der Waals surface area contributed by atoms with E-state index in [9.17, 15) is 5.11 Å². The SMILES string of the molecule is CC(C)(C)c1nc(C2CC(O)C2)n(C2CCCCC2)n1. The number of hydrogen-bond donors (Lipinski definition) is 1. The summed E-state index contributed by atoms with van der Waals surface area (Å²) in [6, 6.07) is 0.528. The zero-order valence-corrected chi connectivity index (χ0v) is 13.0. The Balaban J connectivity index is 1.91. The number of hydrogen-bond acceptors (Lipinski definition) is 3. The summed E-state index contributed by atoms with van der Waals surface area (Å²) >= 11 is 0. The molecule has 2 saturated carbocycles. The van der Waals surface area contributed by atoms with Crippen molar-refractivity contribution in [1.82, 2.24) is 14.8 Å². The highest BCUT2D eigenvalue weighted by molar-refractivity contribution is 5.11. The number of aliphatic hydroxyl groups excluding tert-OH is 1. The lowest BCUT2D eigenvalue weighted by Gasteiger charge is -2.32. The van der Waals surface area contributed by atoms with Crippen LogP contribution < -0.4 is 0 Å². The quantitative estimate of drug-likeness (QED) is 0.902. The van der Waals surface area contributed by atoms with Crippen LogP contribution in [-0.2, 0) is 5.41 Å². The van der Waals surface area contributed by atoms with E-state index < -0.39 is 0 Å². The van der Waals surface area contributed by atoms with Gasteiger partial charge in [-0.05, 0) is 25.7 Å². The standard InChI is InChI=1S/C16H27N3O/c1-16(2,3)15-17-14(11-9-13(20)10-11)19(18-15)12-7-5-4-6-8-12/h11-13,20H,4-10H2,1-3H3. The minimum Gasteiger partial charge on any atom is -0.393 e. The molecule has 1 aromatic heterocycles. The molecule has 2 aliphatic carbocycles. The fourth-order valence-corrected chi connectivity index (χ4v) is 3.32. The first-order chi connectivity index (χ1) is 9.45. The number of aromatic nitrogens is 3. The molecule has 0 unspecified atom stereocenters. The molecule has 112 valence electrons. The van der Waals surface area contributed by atoms with Gasteiger partial charge >= 0.3 is 0 Å². The molecule has 1 heterocycles. The summed E-state index contributed by atoms with van der Waals surface area (Å²) in [6.07, 6.45) is 8.02. The molecule has 0 bridgehead atoms. The summed E-state index contributed by atoms with van der Waals surface area (Å²) in [4.78, 5) is 4.85. The van der Waals surface area contributed by atoms with Crippen molar-refractivity contribution in [3.8, 4) is 0 Å². The summed E-state index contributed by atoms with van der Waals surface area (Å²) in [7, 11) is 0. The van der Waals surface area contributed by atoms with E-state index in [0.717, 1.165) is 24.5 Å². The molecule has 20 heavy (non-hydrogen) atoms. The average molecular weight is 277 g/mol. The fourth-order valence-electron chi connectivity index (χ4n) is 3.32. The van der Waals surface area contributed by atoms with Crippen LogP contribution in [0, 0.1) is 0 Å². The van der Waals surface area contributed by atoms with Gasteiger partial charge in [0.15, 0.2) is 5.82 Å². The molecule has 2 aliphatic rings. The lowest BCUT2D eigenvalue weighted by Crippen LogP contribution is -2.30. The summed E-state index contributed by atoms with van der Waals surface area (Å²) in [5.41, 5.74) is -0.00295. The zero-order valence-electron chi connectivity index (χ0n) is 13.0. The van der Waals surface area contributed by atoms with E-state index in [1.54, 1.807) is 0 Å². The van der Waals surface area contributed by atoms with Crippen LogP contribution in [0.3, 0.4) is 0 Å². The first-order valence-corrected chi connectivity index (χ1v) is 8.10. The van der Waals surface area contributed by atoms with E-state index in [1.165, 1.54) is 32.1 Å². The monoisotopic (exact) mass is 277 g/mol. The molecule has 1 aromatic rings. The molecule has 4 heteroatoms. The highest BCUT2D eigenvalue weighted by atomic mass is 16.3. The topological polar surface area (TPSA) is 50.9 Å². The smallest absolute Gasteiger partial charge is 0.156 e. The number of nitrogens with zero attached hydrogens (tertiary/aromatic N) is 3. The van der Waals surface area contributed by atoms with Crippen molar-refractivity contribution in [2.75, 3.05) is 0 Å². The van der Waals surface area contributed by atoms with Gasteiger partial charge in [0.25, 0.3) is 0 Å². The normalized spacial score (nSPS) is 28.4. The first-order valence-electron chi connectivity index (χ1n) is 8.10. The zero-order chi connectivity index (χ0) is 14.3. The second-order valence-electron chi connectivity index (χ2n) is 7.60. The van der Waals surface area contributed by atoms with E-state index in [4.69, 9.17) is 10.1 Å². The molecule has 0 aliphatic heterocycles. The highest BCUT2D eigenvalue weighted by Crippen LogP contribution is 2.39. The molecule has 2 fully saturated rings. The Bertz CT molecular complexity index is 463. The summed E-state index contributed by atoms with van der Waals surface area (Å²) < 4.78 is 2.22. The van der Waals surface area contributed by atoms with Crippen molar-refractivity contribution in [3.63, 3.8) is 0 Å². The molecule has 0 saturated heterocycles. The van der Waals surface area contributed by atoms with Crippen molar-refractivity contribution < 1.29 is 5.11 Å². The maximum absolute atomic E-state index is 9.59. The molecule has 1 N–H and O–H groups in total. The lowest BCUT2D eigenvalue weighted by atomic mass is 9.81. The second kappa shape index (κ2) is 5.14. The van der Waals surface area contributed by atoms with E-state index in [0.29, 0.717) is 12.0 Å². The maximum atomic E-state index is 9.59. The van der Waals surface area contributed by atoms with Gasteiger partial charge in [-0.2, -0.15) is 5.10 Å². The fraction of sp³-hybridized carbons (Fsp3) is 0.875. The summed E-state index contributed by atoms with van der Waals surface area (Å²) in [5, 5.41) is 14.4. The van der Waals surface area contributed by atoms with Crippen LogP contribution in [0.2, 0.25) is 0 Å². The molecule has 0 spiro atoms. The van der Waals surface area contributed by atoms with Crippen LogP contribution in [0.5, 0.6) is 0 Å². The van der Waals surface area contributed by atoms with Gasteiger partial charge in [-0.3, -0.25) is 0 Å². The number of aliphatic hydroxyl groups is 1. The van der Waals surface area contributed by atoms with E-state index in [1.807, 2.05) is 0 Å². The van der Waals surface area contributed by atoms with Crippen LogP contribution in [0.15, 0.2) is 0 Å². The predicted octanol–water partition coefficient (Wildman–Crippen LogP) is 3.32. The van der Waals surface area contributed by atoms with Gasteiger partial charge in [-0.1, -0.05) is 40.0 Å². The van der Waals surface area contributed by atoms with Crippen molar-refractivity contribution in [2.24, 2.45) is 0 Å². The Kier molecular flexibility index (Phi) is 3.61. The number of rotatable bonds is 2. The third-order valence-electron chi connectivity index (χ3n) is 4.73. The molecule has 0 atom stereocenters. The van der Waals surface area contributed by atoms with Crippen LogP contribution in [0.1, 0.15) is 89.3 Å². The van der Waals surface area contributed by atoms with Crippen molar-refractivity contribution in [1.29, 1.82) is 0 Å². The van der Waals surface area contributed by atoms with Crippen molar-refractivity contribution in [2.45, 2.75) is 89.2 Å². The minimum atomic E-state index is -0.130. The van der Waals surface area contributed by atoms with Gasteiger partial charge in [-0.15, -0.1) is 0 Å². The summed E-state index contributed by atoms with van der Waals surface area (Å²) in [6.45, 7) is 6.52. The van der Waals surface area contributed by atoms with E-state index in [-0.39, 0.29) is 11.5 Å². The van der Waals surface area contributed by atoms with E-state index in [2.05, 4.69) is 25.5 Å². The van der Waals surface area contributed by atoms with Crippen molar-refractivity contribution in [3.05, 3.63) is 11.6 Å². The van der Waals surface area contributed by atoms with Gasteiger partial charge in [0, 0.05) is 11.3 Å². The third-order valence-corrected chi connectivity index (χ3v) is 4.73. The third kappa shape index (κ3) is 2.62. The molecular weight excluding hydrogens is 250 g/mol. The van der Waals surface area contributed by atoms with E-state index >= 15 is 0 Å². The Morgan fingerprint density at radius 3 is 2.30 bits per heavy atom. The van der Waals surface area contributed by atoms with Crippen molar-refractivity contribution >= 4 is 0 Å². The second-order valence-corrected chi connectivity index (χ2v) is 7.60. The largest absolute Gasteiger partial charge is 0.393 e. The van der Waals surface area contributed by atoms with Gasteiger partial charge in [0.1, 0.15) is 5.82 Å². The highest BCUT2D eigenvalue weighted by Gasteiger charge is 2.36. The predicted molar refractivity (Wildman–Crippen MR) is 78.8 cm³/mol. The van der Waals surface area contributed by atoms with Crippen LogP contribution in [-0.4, -0.2) is 26.0 Å². The Labute approximate surface area is 121 Å². The average Bonchev–Trinajstić information content (AvgIpc) is 2.80. The van der Waals surface area contributed by atoms with Gasteiger partial charge in [-0.25, -0.2) is 9.67 Å². The van der Waals surface area contributed by atoms with Gasteiger partial charge < -0.3 is 5.11 Å². The molecule has 0 amide bonds.